The van der Waals surface area contributed by atoms with E-state index in [1.54, 1.807) is 20.8 Å². The first-order valence-electron chi connectivity index (χ1n) is 6.73. The molecule has 0 heterocycles. The molecule has 0 atom stereocenters. The first-order valence-corrected chi connectivity index (χ1v) is 6.73. The van der Waals surface area contributed by atoms with E-state index >= 15 is 0 Å². The standard InChI is InChI=1S/C15H21NO5/c1-5-8-20-12-7-6-10(13(17)18)9-11(12)16-14(19)21-15(2,3)4/h6-7,9H,5,8H2,1-4H3,(H,16,19)(H,17,18). The Hall–Kier alpha value is -2.24. The lowest BCUT2D eigenvalue weighted by atomic mass is 10.2. The molecule has 1 amide bonds. The molecule has 6 heteroatoms. The van der Waals surface area contributed by atoms with Crippen molar-refractivity contribution in [3.63, 3.8) is 0 Å². The van der Waals surface area contributed by atoms with E-state index in [0.29, 0.717) is 12.4 Å². The maximum absolute atomic E-state index is 11.8. The lowest BCUT2D eigenvalue weighted by Crippen LogP contribution is -2.27. The normalized spacial score (nSPS) is 10.9. The number of carboxylic acids is 1. The number of anilines is 1. The van der Waals surface area contributed by atoms with Crippen molar-refractivity contribution in [1.29, 1.82) is 0 Å². The van der Waals surface area contributed by atoms with Crippen molar-refractivity contribution in [3.8, 4) is 5.75 Å². The molecule has 1 aromatic rings. The number of ether oxygens (including phenoxy) is 2. The molecule has 116 valence electrons. The van der Waals surface area contributed by atoms with E-state index in [1.807, 2.05) is 6.92 Å². The van der Waals surface area contributed by atoms with Crippen LogP contribution in [0.25, 0.3) is 0 Å². The summed E-state index contributed by atoms with van der Waals surface area (Å²) in [6.07, 6.45) is 0.137. The smallest absolute Gasteiger partial charge is 0.412 e. The lowest BCUT2D eigenvalue weighted by Gasteiger charge is -2.20. The second-order valence-corrected chi connectivity index (χ2v) is 5.49. The summed E-state index contributed by atoms with van der Waals surface area (Å²) in [4.78, 5) is 22.8. The third kappa shape index (κ3) is 5.72. The van der Waals surface area contributed by atoms with E-state index in [9.17, 15) is 9.59 Å². The summed E-state index contributed by atoms with van der Waals surface area (Å²) in [5.74, 6) is -0.669. The lowest BCUT2D eigenvalue weighted by molar-refractivity contribution is 0.0632. The zero-order chi connectivity index (χ0) is 16.0. The van der Waals surface area contributed by atoms with Gasteiger partial charge in [0, 0.05) is 0 Å². The van der Waals surface area contributed by atoms with Crippen LogP contribution in [-0.4, -0.2) is 29.4 Å². The van der Waals surface area contributed by atoms with Crippen LogP contribution < -0.4 is 10.1 Å². The number of rotatable bonds is 5. The van der Waals surface area contributed by atoms with Crippen molar-refractivity contribution in [1.82, 2.24) is 0 Å². The molecule has 21 heavy (non-hydrogen) atoms. The number of nitrogens with one attached hydrogen (secondary N) is 1. The van der Waals surface area contributed by atoms with E-state index in [1.165, 1.54) is 18.2 Å². The summed E-state index contributed by atoms with van der Waals surface area (Å²) in [5, 5.41) is 11.5. The van der Waals surface area contributed by atoms with Gasteiger partial charge in [-0.15, -0.1) is 0 Å². The third-order valence-electron chi connectivity index (χ3n) is 2.32. The topological polar surface area (TPSA) is 84.9 Å². The molecule has 0 aliphatic heterocycles. The second kappa shape index (κ2) is 6.97. The average Bonchev–Trinajstić information content (AvgIpc) is 2.34. The Kier molecular flexibility index (Phi) is 5.58. The van der Waals surface area contributed by atoms with Gasteiger partial charge in [0.2, 0.25) is 0 Å². The van der Waals surface area contributed by atoms with Crippen LogP contribution in [0.4, 0.5) is 10.5 Å². The number of carbonyl (C=O) groups excluding carboxylic acids is 1. The summed E-state index contributed by atoms with van der Waals surface area (Å²) in [7, 11) is 0. The van der Waals surface area contributed by atoms with E-state index < -0.39 is 17.7 Å². The molecule has 0 saturated heterocycles. The number of aromatic carboxylic acids is 1. The highest BCUT2D eigenvalue weighted by atomic mass is 16.6. The maximum atomic E-state index is 11.8. The minimum absolute atomic E-state index is 0.0601. The van der Waals surface area contributed by atoms with Crippen molar-refractivity contribution in [2.45, 2.75) is 39.7 Å². The van der Waals surface area contributed by atoms with Gasteiger partial charge in [-0.3, -0.25) is 5.32 Å². The van der Waals surface area contributed by atoms with E-state index in [-0.39, 0.29) is 11.3 Å². The van der Waals surface area contributed by atoms with Gasteiger partial charge in [0.25, 0.3) is 0 Å². The van der Waals surface area contributed by atoms with Crippen LogP contribution in [0.5, 0.6) is 5.75 Å². The second-order valence-electron chi connectivity index (χ2n) is 5.49. The molecule has 0 bridgehead atoms. The number of hydrogen-bond acceptors (Lipinski definition) is 4. The summed E-state index contributed by atoms with van der Waals surface area (Å²) in [6, 6.07) is 4.29. The number of carbonyl (C=O) groups is 2. The van der Waals surface area contributed by atoms with Crippen LogP contribution in [0.1, 0.15) is 44.5 Å². The molecule has 0 spiro atoms. The van der Waals surface area contributed by atoms with Gasteiger partial charge in [0.1, 0.15) is 11.4 Å². The molecule has 0 radical (unpaired) electrons. The van der Waals surface area contributed by atoms with Crippen molar-refractivity contribution < 1.29 is 24.2 Å². The number of hydrogen-bond donors (Lipinski definition) is 2. The molecule has 0 aromatic heterocycles. The summed E-state index contributed by atoms with van der Waals surface area (Å²) in [5.41, 5.74) is -0.304. The van der Waals surface area contributed by atoms with Crippen molar-refractivity contribution in [2.75, 3.05) is 11.9 Å². The van der Waals surface area contributed by atoms with Crippen molar-refractivity contribution in [2.24, 2.45) is 0 Å². The molecule has 2 N–H and O–H groups in total. The van der Waals surface area contributed by atoms with Crippen LogP contribution in [0, 0.1) is 0 Å². The average molecular weight is 295 g/mol. The van der Waals surface area contributed by atoms with E-state index in [4.69, 9.17) is 14.6 Å². The Morgan fingerprint density at radius 1 is 1.29 bits per heavy atom. The highest BCUT2D eigenvalue weighted by Crippen LogP contribution is 2.27. The number of carboxylic acid groups (broad SMARTS) is 1. The minimum atomic E-state index is -1.08. The highest BCUT2D eigenvalue weighted by Gasteiger charge is 2.18. The molecular weight excluding hydrogens is 274 g/mol. The maximum Gasteiger partial charge on any atom is 0.412 e. The van der Waals surface area contributed by atoms with E-state index in [2.05, 4.69) is 5.32 Å². The fraction of sp³-hybridized carbons (Fsp3) is 0.467. The van der Waals surface area contributed by atoms with Gasteiger partial charge in [-0.2, -0.15) is 0 Å². The van der Waals surface area contributed by atoms with Crippen LogP contribution in [0.3, 0.4) is 0 Å². The van der Waals surface area contributed by atoms with Crippen LogP contribution in [0.15, 0.2) is 18.2 Å². The summed E-state index contributed by atoms with van der Waals surface area (Å²) in [6.45, 7) is 7.65. The van der Waals surface area contributed by atoms with Gasteiger partial charge < -0.3 is 14.6 Å². The van der Waals surface area contributed by atoms with Gasteiger partial charge in [-0.1, -0.05) is 6.92 Å². The first-order chi connectivity index (χ1) is 9.73. The fourth-order valence-electron chi connectivity index (χ4n) is 1.51. The largest absolute Gasteiger partial charge is 0.491 e. The van der Waals surface area contributed by atoms with Crippen LogP contribution in [-0.2, 0) is 4.74 Å². The Morgan fingerprint density at radius 3 is 2.48 bits per heavy atom. The molecule has 0 aliphatic rings. The third-order valence-corrected chi connectivity index (χ3v) is 2.32. The summed E-state index contributed by atoms with van der Waals surface area (Å²) < 4.78 is 10.6. The van der Waals surface area contributed by atoms with Gasteiger partial charge in [0.15, 0.2) is 0 Å². The fourth-order valence-corrected chi connectivity index (χ4v) is 1.51. The summed E-state index contributed by atoms with van der Waals surface area (Å²) >= 11 is 0. The zero-order valence-electron chi connectivity index (χ0n) is 12.7. The molecule has 0 unspecified atom stereocenters. The van der Waals surface area contributed by atoms with Gasteiger partial charge in [-0.25, -0.2) is 9.59 Å². The molecule has 1 aromatic carbocycles. The Labute approximate surface area is 124 Å². The molecule has 6 nitrogen and oxygen atoms in total. The number of benzene rings is 1. The SMILES string of the molecule is CCCOc1ccc(C(=O)O)cc1NC(=O)OC(C)(C)C. The zero-order valence-corrected chi connectivity index (χ0v) is 12.7. The molecule has 1 rings (SSSR count). The predicted octanol–water partition coefficient (Wildman–Crippen LogP) is 3.52. The monoisotopic (exact) mass is 295 g/mol. The first kappa shape index (κ1) is 16.8. The molecule has 0 saturated carbocycles. The quantitative estimate of drug-likeness (QED) is 0.868. The predicted molar refractivity (Wildman–Crippen MR) is 79.0 cm³/mol. The molecular formula is C15H21NO5. The Morgan fingerprint density at radius 2 is 1.95 bits per heavy atom. The van der Waals surface area contributed by atoms with Crippen molar-refractivity contribution >= 4 is 17.7 Å². The Balaban J connectivity index is 2.97. The molecule has 0 aliphatic carbocycles. The van der Waals surface area contributed by atoms with Crippen LogP contribution in [0.2, 0.25) is 0 Å². The van der Waals surface area contributed by atoms with Gasteiger partial charge in [-0.05, 0) is 45.4 Å². The highest BCUT2D eigenvalue weighted by molar-refractivity contribution is 5.93. The Bertz CT molecular complexity index is 519. The minimum Gasteiger partial charge on any atom is -0.491 e. The van der Waals surface area contributed by atoms with Gasteiger partial charge >= 0.3 is 12.1 Å². The number of amides is 1. The molecule has 0 fully saturated rings. The van der Waals surface area contributed by atoms with Gasteiger partial charge in [0.05, 0.1) is 17.9 Å². The van der Waals surface area contributed by atoms with Crippen LogP contribution >= 0.6 is 0 Å². The van der Waals surface area contributed by atoms with E-state index in [0.717, 1.165) is 6.42 Å². The van der Waals surface area contributed by atoms with Crippen molar-refractivity contribution in [3.05, 3.63) is 23.8 Å².